The van der Waals surface area contributed by atoms with Gasteiger partial charge in [0.15, 0.2) is 5.01 Å². The SMILES string of the molecule is Clc1nnc(COc2cccc3ncccc23)s1. The first-order valence-electron chi connectivity index (χ1n) is 5.27. The summed E-state index contributed by atoms with van der Waals surface area (Å²) in [6, 6.07) is 9.64. The van der Waals surface area contributed by atoms with Crippen LogP contribution in [0.25, 0.3) is 10.9 Å². The lowest BCUT2D eigenvalue weighted by Crippen LogP contribution is -1.95. The maximum absolute atomic E-state index is 5.73. The van der Waals surface area contributed by atoms with Crippen LogP contribution in [0, 0.1) is 0 Å². The van der Waals surface area contributed by atoms with Gasteiger partial charge in [0.1, 0.15) is 12.4 Å². The normalized spacial score (nSPS) is 10.7. The molecule has 0 unspecified atom stereocenters. The van der Waals surface area contributed by atoms with Crippen LogP contribution < -0.4 is 4.74 Å². The fourth-order valence-electron chi connectivity index (χ4n) is 1.63. The maximum Gasteiger partial charge on any atom is 0.207 e. The van der Waals surface area contributed by atoms with Crippen LogP contribution in [0.5, 0.6) is 5.75 Å². The van der Waals surface area contributed by atoms with Crippen molar-refractivity contribution in [2.24, 2.45) is 0 Å². The molecule has 2 heterocycles. The van der Waals surface area contributed by atoms with Crippen molar-refractivity contribution in [3.8, 4) is 5.75 Å². The number of aromatic nitrogens is 3. The van der Waals surface area contributed by atoms with Crippen LogP contribution in [0.3, 0.4) is 0 Å². The van der Waals surface area contributed by atoms with Gasteiger partial charge in [0, 0.05) is 11.6 Å². The molecule has 6 heteroatoms. The molecular weight excluding hydrogens is 270 g/mol. The monoisotopic (exact) mass is 277 g/mol. The average molecular weight is 278 g/mol. The Morgan fingerprint density at radius 3 is 2.94 bits per heavy atom. The van der Waals surface area contributed by atoms with Crippen LogP contribution in [0.2, 0.25) is 4.47 Å². The van der Waals surface area contributed by atoms with Gasteiger partial charge in [-0.2, -0.15) is 0 Å². The standard InChI is InChI=1S/C12H8ClN3OS/c13-12-16-15-11(18-12)7-17-10-5-1-4-9-8(10)3-2-6-14-9/h1-6H,7H2. The summed E-state index contributed by atoms with van der Waals surface area (Å²) in [5.41, 5.74) is 0.908. The third kappa shape index (κ3) is 2.27. The molecule has 0 saturated carbocycles. The van der Waals surface area contributed by atoms with E-state index in [0.717, 1.165) is 21.7 Å². The summed E-state index contributed by atoms with van der Waals surface area (Å²) >= 11 is 7.03. The second-order valence-electron chi connectivity index (χ2n) is 3.56. The number of fused-ring (bicyclic) bond motifs is 1. The van der Waals surface area contributed by atoms with Gasteiger partial charge < -0.3 is 4.74 Å². The molecule has 0 aliphatic rings. The van der Waals surface area contributed by atoms with Gasteiger partial charge in [-0.1, -0.05) is 17.4 Å². The number of pyridine rings is 1. The van der Waals surface area contributed by atoms with E-state index < -0.39 is 0 Å². The first-order chi connectivity index (χ1) is 8.83. The van der Waals surface area contributed by atoms with E-state index in [1.54, 1.807) is 6.20 Å². The molecule has 2 aromatic heterocycles. The predicted molar refractivity (Wildman–Crippen MR) is 71.0 cm³/mol. The molecule has 0 bridgehead atoms. The highest BCUT2D eigenvalue weighted by molar-refractivity contribution is 7.15. The third-order valence-corrected chi connectivity index (χ3v) is 3.39. The Kier molecular flexibility index (Phi) is 3.08. The van der Waals surface area contributed by atoms with Crippen molar-refractivity contribution in [1.82, 2.24) is 15.2 Å². The predicted octanol–water partition coefficient (Wildman–Crippen LogP) is 3.32. The highest BCUT2D eigenvalue weighted by Crippen LogP contribution is 2.25. The summed E-state index contributed by atoms with van der Waals surface area (Å²) in [6.07, 6.45) is 1.76. The number of halogens is 1. The molecule has 0 N–H and O–H groups in total. The van der Waals surface area contributed by atoms with Gasteiger partial charge in [0.25, 0.3) is 0 Å². The minimum absolute atomic E-state index is 0.360. The fraction of sp³-hybridized carbons (Fsp3) is 0.0833. The molecule has 0 aliphatic heterocycles. The van der Waals surface area contributed by atoms with Crippen LogP contribution in [-0.4, -0.2) is 15.2 Å². The largest absolute Gasteiger partial charge is 0.486 e. The summed E-state index contributed by atoms with van der Waals surface area (Å²) in [5, 5.41) is 9.37. The number of benzene rings is 1. The molecule has 0 spiro atoms. The van der Waals surface area contributed by atoms with Gasteiger partial charge >= 0.3 is 0 Å². The summed E-state index contributed by atoms with van der Waals surface area (Å²) in [6.45, 7) is 0.360. The van der Waals surface area contributed by atoms with E-state index in [2.05, 4.69) is 15.2 Å². The summed E-state index contributed by atoms with van der Waals surface area (Å²) in [4.78, 5) is 4.27. The van der Waals surface area contributed by atoms with Crippen LogP contribution in [0.4, 0.5) is 0 Å². The molecule has 3 aromatic rings. The molecule has 3 rings (SSSR count). The summed E-state index contributed by atoms with van der Waals surface area (Å²) in [5.74, 6) is 0.784. The second-order valence-corrected chi connectivity index (χ2v) is 5.21. The van der Waals surface area contributed by atoms with Crippen LogP contribution in [0.1, 0.15) is 5.01 Å². The molecule has 0 aliphatic carbocycles. The third-order valence-electron chi connectivity index (χ3n) is 2.40. The van der Waals surface area contributed by atoms with Crippen LogP contribution in [-0.2, 0) is 6.61 Å². The fourth-order valence-corrected chi connectivity index (χ4v) is 2.41. The summed E-state index contributed by atoms with van der Waals surface area (Å²) < 4.78 is 6.15. The van der Waals surface area contributed by atoms with Crippen molar-refractivity contribution in [3.63, 3.8) is 0 Å². The van der Waals surface area contributed by atoms with E-state index >= 15 is 0 Å². The zero-order valence-corrected chi connectivity index (χ0v) is 10.8. The van der Waals surface area contributed by atoms with Gasteiger partial charge in [0.2, 0.25) is 4.47 Å². The Morgan fingerprint density at radius 1 is 1.17 bits per heavy atom. The van der Waals surface area contributed by atoms with Crippen molar-refractivity contribution >= 4 is 33.8 Å². The highest BCUT2D eigenvalue weighted by Gasteiger charge is 2.05. The number of hydrogen-bond donors (Lipinski definition) is 0. The topological polar surface area (TPSA) is 47.9 Å². The molecule has 0 atom stereocenters. The number of rotatable bonds is 3. The van der Waals surface area contributed by atoms with Gasteiger partial charge in [0.05, 0.1) is 5.52 Å². The minimum atomic E-state index is 0.360. The van der Waals surface area contributed by atoms with Crippen molar-refractivity contribution in [2.45, 2.75) is 6.61 Å². The second kappa shape index (κ2) is 4.88. The average Bonchev–Trinajstić information content (AvgIpc) is 2.82. The molecule has 18 heavy (non-hydrogen) atoms. The van der Waals surface area contributed by atoms with Gasteiger partial charge in [-0.15, -0.1) is 10.2 Å². The number of hydrogen-bond acceptors (Lipinski definition) is 5. The van der Waals surface area contributed by atoms with Crippen molar-refractivity contribution in [2.75, 3.05) is 0 Å². The number of nitrogens with zero attached hydrogens (tertiary/aromatic N) is 3. The molecule has 0 fully saturated rings. The Hall–Kier alpha value is -1.72. The Bertz CT molecular complexity index is 680. The van der Waals surface area contributed by atoms with E-state index in [-0.39, 0.29) is 0 Å². The molecule has 4 nitrogen and oxygen atoms in total. The zero-order chi connectivity index (χ0) is 12.4. The van der Waals surface area contributed by atoms with Crippen molar-refractivity contribution in [1.29, 1.82) is 0 Å². The lowest BCUT2D eigenvalue weighted by Gasteiger charge is -2.06. The molecular formula is C12H8ClN3OS. The van der Waals surface area contributed by atoms with Gasteiger partial charge in [-0.3, -0.25) is 4.98 Å². The van der Waals surface area contributed by atoms with Crippen LogP contribution in [0.15, 0.2) is 36.5 Å². The van der Waals surface area contributed by atoms with Crippen molar-refractivity contribution in [3.05, 3.63) is 46.0 Å². The van der Waals surface area contributed by atoms with Crippen molar-refractivity contribution < 1.29 is 4.74 Å². The molecule has 90 valence electrons. The minimum Gasteiger partial charge on any atom is -0.486 e. The summed E-state index contributed by atoms with van der Waals surface area (Å²) in [7, 11) is 0. The smallest absolute Gasteiger partial charge is 0.207 e. The Labute approximate surface area is 112 Å². The van der Waals surface area contributed by atoms with E-state index in [0.29, 0.717) is 11.1 Å². The molecule has 0 radical (unpaired) electrons. The Morgan fingerprint density at radius 2 is 2.11 bits per heavy atom. The van der Waals surface area contributed by atoms with Gasteiger partial charge in [-0.25, -0.2) is 0 Å². The highest BCUT2D eigenvalue weighted by atomic mass is 35.5. The molecule has 0 amide bonds. The zero-order valence-electron chi connectivity index (χ0n) is 9.21. The Balaban J connectivity index is 1.86. The van der Waals surface area contributed by atoms with Crippen LogP contribution >= 0.6 is 22.9 Å². The lowest BCUT2D eigenvalue weighted by molar-refractivity contribution is 0.308. The molecule has 0 saturated heterocycles. The number of ether oxygens (including phenoxy) is 1. The van der Waals surface area contributed by atoms with Gasteiger partial charge in [-0.05, 0) is 35.9 Å². The van der Waals surface area contributed by atoms with E-state index in [9.17, 15) is 0 Å². The maximum atomic E-state index is 5.73. The lowest BCUT2D eigenvalue weighted by atomic mass is 10.2. The first kappa shape index (κ1) is 11.4. The molecule has 1 aromatic carbocycles. The first-order valence-corrected chi connectivity index (χ1v) is 6.47. The van der Waals surface area contributed by atoms with E-state index in [4.69, 9.17) is 16.3 Å². The van der Waals surface area contributed by atoms with E-state index in [1.807, 2.05) is 30.3 Å². The van der Waals surface area contributed by atoms with E-state index in [1.165, 1.54) is 11.3 Å². The quantitative estimate of drug-likeness (QED) is 0.737.